The van der Waals surface area contributed by atoms with Gasteiger partial charge in [-0.25, -0.2) is 0 Å². The SMILES string of the molecule is CN(C)CCN(C)C([O-])/C=C/c1ccccc1.[Li+]. The summed E-state index contributed by atoms with van der Waals surface area (Å²) in [6.45, 7) is 1.68. The molecule has 1 atom stereocenters. The molecule has 0 aliphatic carbocycles. The number of hydrogen-bond donors (Lipinski definition) is 0. The second-order valence-electron chi connectivity index (χ2n) is 4.44. The minimum atomic E-state index is -0.782. The molecule has 0 amide bonds. The van der Waals surface area contributed by atoms with Crippen LogP contribution in [0.25, 0.3) is 6.08 Å². The van der Waals surface area contributed by atoms with Crippen LogP contribution in [0.1, 0.15) is 5.56 Å². The summed E-state index contributed by atoms with van der Waals surface area (Å²) in [4.78, 5) is 3.88. The van der Waals surface area contributed by atoms with Crippen molar-refractivity contribution < 1.29 is 24.0 Å². The van der Waals surface area contributed by atoms with E-state index in [4.69, 9.17) is 0 Å². The minimum absolute atomic E-state index is 0. The molecule has 0 radical (unpaired) electrons. The van der Waals surface area contributed by atoms with Gasteiger partial charge in [0, 0.05) is 13.1 Å². The van der Waals surface area contributed by atoms with Gasteiger partial charge in [-0.15, -0.1) is 0 Å². The normalized spacial score (nSPS) is 13.0. The van der Waals surface area contributed by atoms with Gasteiger partial charge in [0.05, 0.1) is 0 Å². The van der Waals surface area contributed by atoms with Gasteiger partial charge in [-0.05, 0) is 26.7 Å². The van der Waals surface area contributed by atoms with Gasteiger partial charge >= 0.3 is 18.9 Å². The summed E-state index contributed by atoms with van der Waals surface area (Å²) in [7, 11) is 5.87. The molecule has 0 fully saturated rings. The van der Waals surface area contributed by atoms with Crippen molar-refractivity contribution in [1.29, 1.82) is 0 Å². The zero-order valence-corrected chi connectivity index (χ0v) is 11.8. The fraction of sp³-hybridized carbons (Fsp3) is 0.429. The number of nitrogens with zero attached hydrogens (tertiary/aromatic N) is 2. The minimum Gasteiger partial charge on any atom is -0.837 e. The van der Waals surface area contributed by atoms with E-state index in [0.717, 1.165) is 18.7 Å². The summed E-state index contributed by atoms with van der Waals surface area (Å²) < 4.78 is 0. The Hall–Kier alpha value is -0.563. The van der Waals surface area contributed by atoms with Gasteiger partial charge in [0.15, 0.2) is 0 Å². The number of benzene rings is 1. The van der Waals surface area contributed by atoms with Crippen molar-refractivity contribution in [3.05, 3.63) is 42.0 Å². The molecule has 0 saturated heterocycles. The van der Waals surface area contributed by atoms with E-state index in [2.05, 4.69) is 4.90 Å². The van der Waals surface area contributed by atoms with Crippen LogP contribution >= 0.6 is 0 Å². The van der Waals surface area contributed by atoms with E-state index in [1.54, 1.807) is 11.0 Å². The van der Waals surface area contributed by atoms with Crippen LogP contribution in [-0.4, -0.2) is 50.3 Å². The van der Waals surface area contributed by atoms with Crippen LogP contribution < -0.4 is 24.0 Å². The molecule has 1 rings (SSSR count). The maximum absolute atomic E-state index is 11.8. The molecule has 0 aromatic heterocycles. The van der Waals surface area contributed by atoms with Gasteiger partial charge in [0.1, 0.15) is 0 Å². The van der Waals surface area contributed by atoms with Crippen LogP contribution in [0.3, 0.4) is 0 Å². The van der Waals surface area contributed by atoms with E-state index < -0.39 is 6.23 Å². The van der Waals surface area contributed by atoms with Crippen molar-refractivity contribution in [1.82, 2.24) is 9.80 Å². The Balaban J connectivity index is 0.00000289. The molecule has 0 spiro atoms. The summed E-state index contributed by atoms with van der Waals surface area (Å²) in [6.07, 6.45) is 2.80. The third kappa shape index (κ3) is 7.00. The molecule has 94 valence electrons. The summed E-state index contributed by atoms with van der Waals surface area (Å²) in [5.41, 5.74) is 1.06. The van der Waals surface area contributed by atoms with E-state index in [0.29, 0.717) is 0 Å². The molecule has 0 bridgehead atoms. The maximum Gasteiger partial charge on any atom is 1.00 e. The molecule has 1 aromatic rings. The molecule has 0 heterocycles. The molecule has 0 aliphatic heterocycles. The standard InChI is InChI=1S/C14H21N2O.Li/c1-15(2)11-12-16(3)14(17)10-9-13-7-5-4-6-8-13;/h4-10,14H,11-12H2,1-3H3;/q-1;+1/b10-9+;. The molecule has 0 aliphatic rings. The molecule has 4 heteroatoms. The topological polar surface area (TPSA) is 29.5 Å². The predicted octanol–water partition coefficient (Wildman–Crippen LogP) is -2.12. The van der Waals surface area contributed by atoms with E-state index >= 15 is 0 Å². The molecular weight excluding hydrogens is 219 g/mol. The van der Waals surface area contributed by atoms with Gasteiger partial charge in [0.2, 0.25) is 0 Å². The average molecular weight is 240 g/mol. The second kappa shape index (κ2) is 9.38. The fourth-order valence-corrected chi connectivity index (χ4v) is 1.39. The van der Waals surface area contributed by atoms with Gasteiger partial charge in [-0.1, -0.05) is 48.7 Å². The summed E-state index contributed by atoms with van der Waals surface area (Å²) >= 11 is 0. The molecular formula is C14H21LiN2O. The summed E-state index contributed by atoms with van der Waals surface area (Å²) in [5, 5.41) is 11.8. The monoisotopic (exact) mass is 240 g/mol. The fourth-order valence-electron chi connectivity index (χ4n) is 1.39. The number of likely N-dealkylation sites (N-methyl/N-ethyl adjacent to an activating group) is 2. The van der Waals surface area contributed by atoms with Crippen molar-refractivity contribution in [2.45, 2.75) is 6.23 Å². The first kappa shape index (κ1) is 17.4. The first-order chi connectivity index (χ1) is 8.09. The van der Waals surface area contributed by atoms with Crippen molar-refractivity contribution in [2.75, 3.05) is 34.2 Å². The van der Waals surface area contributed by atoms with Crippen molar-refractivity contribution in [2.24, 2.45) is 0 Å². The van der Waals surface area contributed by atoms with Crippen LogP contribution in [0.2, 0.25) is 0 Å². The third-order valence-electron chi connectivity index (χ3n) is 2.59. The van der Waals surface area contributed by atoms with Crippen molar-refractivity contribution in [3.63, 3.8) is 0 Å². The van der Waals surface area contributed by atoms with Crippen LogP contribution in [0, 0.1) is 0 Å². The number of hydrogen-bond acceptors (Lipinski definition) is 3. The Morgan fingerprint density at radius 2 is 1.72 bits per heavy atom. The van der Waals surface area contributed by atoms with Gasteiger partial charge in [-0.3, -0.25) is 0 Å². The quantitative estimate of drug-likeness (QED) is 0.421. The van der Waals surface area contributed by atoms with Crippen LogP contribution in [0.4, 0.5) is 0 Å². The predicted molar refractivity (Wildman–Crippen MR) is 70.4 cm³/mol. The second-order valence-corrected chi connectivity index (χ2v) is 4.44. The molecule has 3 nitrogen and oxygen atoms in total. The van der Waals surface area contributed by atoms with Gasteiger partial charge in [0.25, 0.3) is 0 Å². The largest absolute Gasteiger partial charge is 1.00 e. The Kier molecular flexibility index (Phi) is 9.09. The average Bonchev–Trinajstić information content (AvgIpc) is 2.34. The molecule has 1 aromatic carbocycles. The number of rotatable bonds is 6. The molecule has 0 saturated carbocycles. The molecule has 18 heavy (non-hydrogen) atoms. The smallest absolute Gasteiger partial charge is 0.837 e. The van der Waals surface area contributed by atoms with E-state index in [1.807, 2.05) is 57.6 Å². The third-order valence-corrected chi connectivity index (χ3v) is 2.59. The van der Waals surface area contributed by atoms with Gasteiger partial charge < -0.3 is 14.9 Å². The first-order valence-electron chi connectivity index (χ1n) is 5.83. The Labute approximate surface area is 122 Å². The summed E-state index contributed by atoms with van der Waals surface area (Å²) in [5.74, 6) is 0. The van der Waals surface area contributed by atoms with Crippen molar-refractivity contribution in [3.8, 4) is 0 Å². The Bertz CT molecular complexity index is 341. The van der Waals surface area contributed by atoms with Crippen LogP contribution in [0.15, 0.2) is 36.4 Å². The molecule has 1 unspecified atom stereocenters. The van der Waals surface area contributed by atoms with Crippen LogP contribution in [-0.2, 0) is 0 Å². The van der Waals surface area contributed by atoms with Crippen molar-refractivity contribution >= 4 is 6.08 Å². The zero-order valence-electron chi connectivity index (χ0n) is 11.8. The zero-order chi connectivity index (χ0) is 12.7. The van der Waals surface area contributed by atoms with Crippen LogP contribution in [0.5, 0.6) is 0 Å². The van der Waals surface area contributed by atoms with Gasteiger partial charge in [-0.2, -0.15) is 0 Å². The molecule has 0 N–H and O–H groups in total. The maximum atomic E-state index is 11.8. The Morgan fingerprint density at radius 3 is 2.28 bits per heavy atom. The summed E-state index contributed by atoms with van der Waals surface area (Å²) in [6, 6.07) is 9.88. The van der Waals surface area contributed by atoms with E-state index in [9.17, 15) is 5.11 Å². The first-order valence-corrected chi connectivity index (χ1v) is 5.83. The van der Waals surface area contributed by atoms with E-state index in [1.165, 1.54) is 0 Å². The Morgan fingerprint density at radius 1 is 1.11 bits per heavy atom. The van der Waals surface area contributed by atoms with E-state index in [-0.39, 0.29) is 18.9 Å².